The summed E-state index contributed by atoms with van der Waals surface area (Å²) in [6.45, 7) is 7.96. The second-order valence-corrected chi connectivity index (χ2v) is 9.99. The molecular weight excluding hydrogens is 388 g/mol. The van der Waals surface area contributed by atoms with Crippen LogP contribution in [-0.4, -0.2) is 4.57 Å². The van der Waals surface area contributed by atoms with Gasteiger partial charge in [-0.1, -0.05) is 115 Å². The van der Waals surface area contributed by atoms with Crippen molar-refractivity contribution in [2.75, 3.05) is 0 Å². The Balaban J connectivity index is 1.51. The molecule has 1 heterocycles. The molecule has 2 rings (SSSR count). The van der Waals surface area contributed by atoms with Gasteiger partial charge in [0, 0.05) is 0 Å². The van der Waals surface area contributed by atoms with E-state index in [0.717, 1.165) is 6.54 Å². The average Bonchev–Trinajstić information content (AvgIpc) is 3.23. The number of imidazole rings is 1. The Morgan fingerprint density at radius 1 is 0.656 bits per heavy atom. The molecule has 0 aliphatic carbocycles. The van der Waals surface area contributed by atoms with Crippen LogP contribution in [0.15, 0.2) is 42.7 Å². The summed E-state index contributed by atoms with van der Waals surface area (Å²) in [5.74, 6) is 1.35. The minimum atomic E-state index is 0.484. The molecule has 0 radical (unpaired) electrons. The highest BCUT2D eigenvalue weighted by atomic mass is 15.2. The number of aryl methyl sites for hydroxylation is 1. The molecule has 0 aliphatic heterocycles. The first kappa shape index (κ1) is 26.7. The zero-order valence-corrected chi connectivity index (χ0v) is 21.5. The molecule has 2 heteroatoms. The molecule has 0 atom stereocenters. The van der Waals surface area contributed by atoms with Crippen molar-refractivity contribution in [3.8, 4) is 11.4 Å². The van der Waals surface area contributed by atoms with Gasteiger partial charge >= 0.3 is 0 Å². The van der Waals surface area contributed by atoms with Crippen LogP contribution in [0.5, 0.6) is 0 Å². The number of benzene rings is 1. The third-order valence-corrected chi connectivity index (χ3v) is 6.76. The monoisotopic (exact) mass is 439 g/mol. The number of aromatic nitrogens is 2. The first-order valence-electron chi connectivity index (χ1n) is 13.9. The van der Waals surface area contributed by atoms with E-state index >= 15 is 0 Å². The maximum absolute atomic E-state index is 2.46. The smallest absolute Gasteiger partial charge is 0.230 e. The fourth-order valence-corrected chi connectivity index (χ4v) is 4.77. The topological polar surface area (TPSA) is 8.81 Å². The van der Waals surface area contributed by atoms with Crippen LogP contribution in [0.3, 0.4) is 0 Å². The molecule has 180 valence electrons. The fourth-order valence-electron chi connectivity index (χ4n) is 4.77. The standard InChI is InChI=1S/C30H51N2/c1-4-5-6-7-8-9-10-11-12-13-14-15-16-17-18-22-25-31-26-27-32(28(2)3)30(31)29-23-20-19-21-24-29/h19-21,23-24,26-28H,4-18,22,25H2,1-3H3/q+1. The van der Waals surface area contributed by atoms with Gasteiger partial charge in [-0.15, -0.1) is 0 Å². The first-order chi connectivity index (χ1) is 15.7. The number of nitrogens with zero attached hydrogens (tertiary/aromatic N) is 2. The lowest BCUT2D eigenvalue weighted by atomic mass is 10.0. The van der Waals surface area contributed by atoms with Crippen molar-refractivity contribution >= 4 is 0 Å². The predicted molar refractivity (Wildman–Crippen MR) is 140 cm³/mol. The van der Waals surface area contributed by atoms with Crippen LogP contribution in [0.1, 0.15) is 130 Å². The molecule has 0 aliphatic rings. The van der Waals surface area contributed by atoms with E-state index in [9.17, 15) is 0 Å². The molecule has 0 fully saturated rings. The highest BCUT2D eigenvalue weighted by Crippen LogP contribution is 2.20. The second-order valence-electron chi connectivity index (χ2n) is 9.99. The Morgan fingerprint density at radius 3 is 1.59 bits per heavy atom. The van der Waals surface area contributed by atoms with E-state index in [0.29, 0.717) is 6.04 Å². The Labute approximate surface area is 199 Å². The Morgan fingerprint density at radius 2 is 1.12 bits per heavy atom. The molecular formula is C30H51N2+. The summed E-state index contributed by atoms with van der Waals surface area (Å²) in [5.41, 5.74) is 1.32. The molecule has 0 bridgehead atoms. The van der Waals surface area contributed by atoms with Crippen LogP contribution >= 0.6 is 0 Å². The van der Waals surface area contributed by atoms with E-state index in [1.54, 1.807) is 0 Å². The molecule has 0 amide bonds. The maximum Gasteiger partial charge on any atom is 0.289 e. The average molecular weight is 440 g/mol. The summed E-state index contributed by atoms with van der Waals surface area (Å²) in [5, 5.41) is 0. The summed E-state index contributed by atoms with van der Waals surface area (Å²) in [6.07, 6.45) is 27.3. The Hall–Kier alpha value is -1.57. The lowest BCUT2D eigenvalue weighted by Crippen LogP contribution is -2.35. The van der Waals surface area contributed by atoms with E-state index < -0.39 is 0 Å². The third-order valence-electron chi connectivity index (χ3n) is 6.76. The Bertz CT molecular complexity index is 686. The van der Waals surface area contributed by atoms with Crippen molar-refractivity contribution in [1.82, 2.24) is 4.57 Å². The van der Waals surface area contributed by atoms with Crippen molar-refractivity contribution in [2.45, 2.75) is 136 Å². The van der Waals surface area contributed by atoms with Crippen LogP contribution < -0.4 is 4.57 Å². The quantitative estimate of drug-likeness (QED) is 0.152. The van der Waals surface area contributed by atoms with Gasteiger partial charge in [0.15, 0.2) is 0 Å². The van der Waals surface area contributed by atoms with Crippen molar-refractivity contribution in [1.29, 1.82) is 0 Å². The zero-order valence-electron chi connectivity index (χ0n) is 21.5. The summed E-state index contributed by atoms with van der Waals surface area (Å²) in [4.78, 5) is 0. The minimum Gasteiger partial charge on any atom is -0.230 e. The minimum absolute atomic E-state index is 0.484. The van der Waals surface area contributed by atoms with Gasteiger partial charge in [-0.2, -0.15) is 0 Å². The van der Waals surface area contributed by atoms with Crippen LogP contribution in [0.25, 0.3) is 11.4 Å². The van der Waals surface area contributed by atoms with Crippen LogP contribution in [-0.2, 0) is 6.54 Å². The lowest BCUT2D eigenvalue weighted by molar-refractivity contribution is -0.686. The maximum atomic E-state index is 2.46. The van der Waals surface area contributed by atoms with Crippen molar-refractivity contribution in [3.63, 3.8) is 0 Å². The molecule has 0 N–H and O–H groups in total. The number of hydrogen-bond donors (Lipinski definition) is 0. The highest BCUT2D eigenvalue weighted by molar-refractivity contribution is 5.52. The summed E-state index contributed by atoms with van der Waals surface area (Å²) in [7, 11) is 0. The van der Waals surface area contributed by atoms with Crippen molar-refractivity contribution in [2.24, 2.45) is 0 Å². The molecule has 1 aromatic heterocycles. The fraction of sp³-hybridized carbons (Fsp3) is 0.700. The van der Waals surface area contributed by atoms with E-state index in [1.807, 2.05) is 0 Å². The van der Waals surface area contributed by atoms with Gasteiger partial charge in [0.1, 0.15) is 12.4 Å². The molecule has 2 aromatic rings. The predicted octanol–water partition coefficient (Wildman–Crippen LogP) is 9.29. The molecule has 0 saturated carbocycles. The first-order valence-corrected chi connectivity index (χ1v) is 13.9. The van der Waals surface area contributed by atoms with Gasteiger partial charge in [0.2, 0.25) is 0 Å². The van der Waals surface area contributed by atoms with Gasteiger partial charge in [-0.25, -0.2) is 9.13 Å². The molecule has 1 aromatic carbocycles. The van der Waals surface area contributed by atoms with Gasteiger partial charge in [0.25, 0.3) is 5.82 Å². The molecule has 32 heavy (non-hydrogen) atoms. The number of unbranched alkanes of at least 4 members (excludes halogenated alkanes) is 15. The molecule has 0 unspecified atom stereocenters. The number of rotatable bonds is 19. The van der Waals surface area contributed by atoms with E-state index in [2.05, 4.69) is 72.6 Å². The van der Waals surface area contributed by atoms with E-state index in [1.165, 1.54) is 114 Å². The molecule has 0 spiro atoms. The zero-order chi connectivity index (χ0) is 22.9. The van der Waals surface area contributed by atoms with Crippen LogP contribution in [0.4, 0.5) is 0 Å². The third kappa shape index (κ3) is 10.4. The van der Waals surface area contributed by atoms with Crippen molar-refractivity contribution in [3.05, 3.63) is 42.7 Å². The van der Waals surface area contributed by atoms with E-state index in [4.69, 9.17) is 0 Å². The summed E-state index contributed by atoms with van der Waals surface area (Å²) >= 11 is 0. The SMILES string of the molecule is CCCCCCCCCCCCCCCCCC[n+]1ccn(C(C)C)c1-c1ccccc1. The second kappa shape index (κ2) is 17.0. The van der Waals surface area contributed by atoms with E-state index in [-0.39, 0.29) is 0 Å². The largest absolute Gasteiger partial charge is 0.289 e. The normalized spacial score (nSPS) is 11.5. The lowest BCUT2D eigenvalue weighted by Gasteiger charge is -2.08. The van der Waals surface area contributed by atoms with Gasteiger partial charge in [-0.05, 0) is 38.8 Å². The van der Waals surface area contributed by atoms with Gasteiger partial charge in [0.05, 0.1) is 18.2 Å². The molecule has 0 saturated heterocycles. The van der Waals surface area contributed by atoms with Crippen molar-refractivity contribution < 1.29 is 4.57 Å². The number of hydrogen-bond acceptors (Lipinski definition) is 0. The van der Waals surface area contributed by atoms with Crippen LogP contribution in [0.2, 0.25) is 0 Å². The van der Waals surface area contributed by atoms with Crippen LogP contribution in [0, 0.1) is 0 Å². The summed E-state index contributed by atoms with van der Waals surface area (Å²) in [6, 6.07) is 11.3. The summed E-state index contributed by atoms with van der Waals surface area (Å²) < 4.78 is 4.86. The Kier molecular flexibility index (Phi) is 14.2. The highest BCUT2D eigenvalue weighted by Gasteiger charge is 2.20. The molecule has 2 nitrogen and oxygen atoms in total. The van der Waals surface area contributed by atoms with Gasteiger partial charge < -0.3 is 0 Å². The van der Waals surface area contributed by atoms with Gasteiger partial charge in [-0.3, -0.25) is 0 Å².